The molecule has 11 nitrogen and oxygen atoms in total. The number of carbonyl (C=O) groups excluding carboxylic acids is 2. The molecule has 1 saturated heterocycles. The van der Waals surface area contributed by atoms with E-state index < -0.39 is 23.7 Å². The third-order valence-corrected chi connectivity index (χ3v) is 9.65. The van der Waals surface area contributed by atoms with Crippen LogP contribution in [0.15, 0.2) is 54.1 Å². The number of benzene rings is 1. The number of amides is 1. The van der Waals surface area contributed by atoms with Crippen molar-refractivity contribution in [2.24, 2.45) is 23.7 Å². The van der Waals surface area contributed by atoms with Gasteiger partial charge >= 0.3 is 6.09 Å². The predicted molar refractivity (Wildman–Crippen MR) is 222 cm³/mol. The van der Waals surface area contributed by atoms with E-state index in [-0.39, 0.29) is 48.6 Å². The molecule has 2 heterocycles. The summed E-state index contributed by atoms with van der Waals surface area (Å²) in [6, 6.07) is 11.9. The molecule has 0 saturated carbocycles. The SMILES string of the molecule is CCOC[C@H](CCCC(=O)[C@@H]1CN(C(=O)OC(C)(C)C)C/C(=C(/O)N(CC(C)C)c2cc(OCCCOCc3ccccc3)c(C(C)C)cn2)[C@@H]1O)CC(C)C. The van der Waals surface area contributed by atoms with E-state index in [0.717, 1.165) is 24.0 Å². The van der Waals surface area contributed by atoms with Crippen molar-refractivity contribution in [3.8, 4) is 5.75 Å². The Labute approximate surface area is 336 Å². The van der Waals surface area contributed by atoms with Crippen molar-refractivity contribution in [2.75, 3.05) is 51.0 Å². The van der Waals surface area contributed by atoms with Crippen LogP contribution in [-0.4, -0.2) is 89.7 Å². The van der Waals surface area contributed by atoms with E-state index >= 15 is 0 Å². The molecule has 314 valence electrons. The van der Waals surface area contributed by atoms with Crippen molar-refractivity contribution in [3.05, 3.63) is 65.2 Å². The molecule has 56 heavy (non-hydrogen) atoms. The lowest BCUT2D eigenvalue weighted by Crippen LogP contribution is -2.52. The average Bonchev–Trinajstić information content (AvgIpc) is 3.13. The summed E-state index contributed by atoms with van der Waals surface area (Å²) in [6.07, 6.45) is 3.22. The van der Waals surface area contributed by atoms with E-state index in [1.807, 2.05) is 57.2 Å². The standard InChI is InChI=1S/C45H71N3O8/c1-11-53-30-35(23-31(2)3)19-15-20-39(49)37-27-47(44(52)56-45(8,9)10)28-38(42(37)50)43(51)48(26-32(4)5)41-24-40(36(25-46-41)33(6)7)55-22-16-21-54-29-34-17-13-12-14-18-34/h12-14,17-18,24-25,31-33,35,37,42,50-51H,11,15-16,19-23,26-30H2,1-10H3/b43-38-/t35-,37+,42-/m1/s1. The molecular formula is C45H71N3O8. The van der Waals surface area contributed by atoms with Gasteiger partial charge in [-0.2, -0.15) is 0 Å². The first-order chi connectivity index (χ1) is 26.5. The number of nitrogens with zero attached hydrogens (tertiary/aromatic N) is 3. The maximum atomic E-state index is 13.9. The molecule has 2 aromatic rings. The van der Waals surface area contributed by atoms with Gasteiger partial charge in [0, 0.05) is 62.5 Å². The lowest BCUT2D eigenvalue weighted by Gasteiger charge is -2.39. The fourth-order valence-electron chi connectivity index (χ4n) is 6.94. The Morgan fingerprint density at radius 3 is 2.34 bits per heavy atom. The van der Waals surface area contributed by atoms with Crippen LogP contribution in [-0.2, 0) is 25.6 Å². The number of aliphatic hydroxyl groups excluding tert-OH is 2. The Morgan fingerprint density at radius 2 is 1.71 bits per heavy atom. The molecule has 2 N–H and O–H groups in total. The molecule has 0 spiro atoms. The number of hydrogen-bond acceptors (Lipinski definition) is 10. The number of anilines is 1. The summed E-state index contributed by atoms with van der Waals surface area (Å²) in [7, 11) is 0. The van der Waals surface area contributed by atoms with Crippen molar-refractivity contribution in [2.45, 2.75) is 126 Å². The quantitative estimate of drug-likeness (QED) is 0.0881. The van der Waals surface area contributed by atoms with Crippen LogP contribution in [0.5, 0.6) is 5.75 Å². The highest BCUT2D eigenvalue weighted by atomic mass is 16.6. The fraction of sp³-hybridized carbons (Fsp3) is 0.667. The average molecular weight is 782 g/mol. The monoisotopic (exact) mass is 782 g/mol. The lowest BCUT2D eigenvalue weighted by atomic mass is 9.84. The van der Waals surface area contributed by atoms with Crippen LogP contribution in [0.3, 0.4) is 0 Å². The van der Waals surface area contributed by atoms with Gasteiger partial charge in [-0.25, -0.2) is 9.78 Å². The number of piperidine rings is 1. The molecule has 1 aromatic heterocycles. The third-order valence-electron chi connectivity index (χ3n) is 9.65. The Kier molecular flexibility index (Phi) is 19.1. The zero-order valence-electron chi connectivity index (χ0n) is 35.9. The molecule has 1 aliphatic heterocycles. The minimum absolute atomic E-state index is 0.0152. The second kappa shape index (κ2) is 22.9. The molecule has 1 aromatic carbocycles. The van der Waals surface area contributed by atoms with Crippen molar-refractivity contribution in [1.29, 1.82) is 0 Å². The Morgan fingerprint density at radius 1 is 1.00 bits per heavy atom. The van der Waals surface area contributed by atoms with Gasteiger partial charge in [-0.1, -0.05) is 71.9 Å². The third kappa shape index (κ3) is 15.3. The zero-order chi connectivity index (χ0) is 41.4. The first kappa shape index (κ1) is 46.7. The van der Waals surface area contributed by atoms with Crippen LogP contribution in [0, 0.1) is 23.7 Å². The van der Waals surface area contributed by atoms with Gasteiger partial charge in [-0.15, -0.1) is 0 Å². The Hall–Kier alpha value is -3.67. The summed E-state index contributed by atoms with van der Waals surface area (Å²) in [5.41, 5.74) is 1.43. The Bertz CT molecular complexity index is 1520. The number of Topliss-reactive ketones (excluding diaryl/α,β-unsaturated/α-hetero) is 1. The number of aliphatic hydroxyl groups is 2. The number of likely N-dealkylation sites (tertiary alicyclic amines) is 1. The van der Waals surface area contributed by atoms with Gasteiger partial charge in [0.05, 0.1) is 38.4 Å². The molecule has 0 aliphatic carbocycles. The molecule has 1 aliphatic rings. The number of ether oxygens (including phenoxy) is 4. The van der Waals surface area contributed by atoms with Crippen LogP contribution < -0.4 is 9.64 Å². The van der Waals surface area contributed by atoms with Gasteiger partial charge in [0.2, 0.25) is 0 Å². The van der Waals surface area contributed by atoms with Crippen molar-refractivity contribution >= 4 is 17.7 Å². The van der Waals surface area contributed by atoms with Crippen LogP contribution in [0.1, 0.15) is 118 Å². The van der Waals surface area contributed by atoms with E-state index in [9.17, 15) is 19.8 Å². The maximum Gasteiger partial charge on any atom is 0.410 e. The van der Waals surface area contributed by atoms with Crippen LogP contribution in [0.2, 0.25) is 0 Å². The predicted octanol–water partition coefficient (Wildman–Crippen LogP) is 9.09. The van der Waals surface area contributed by atoms with E-state index in [2.05, 4.69) is 27.7 Å². The normalized spacial score (nSPS) is 17.7. The first-order valence-corrected chi connectivity index (χ1v) is 20.7. The van der Waals surface area contributed by atoms with Crippen molar-refractivity contribution in [3.63, 3.8) is 0 Å². The topological polar surface area (TPSA) is 131 Å². The summed E-state index contributed by atoms with van der Waals surface area (Å²) in [4.78, 5) is 35.3. The van der Waals surface area contributed by atoms with E-state index in [1.54, 1.807) is 31.9 Å². The van der Waals surface area contributed by atoms with E-state index in [1.165, 1.54) is 4.90 Å². The highest BCUT2D eigenvalue weighted by Gasteiger charge is 2.41. The maximum absolute atomic E-state index is 13.9. The minimum atomic E-state index is -1.31. The number of ketones is 1. The van der Waals surface area contributed by atoms with Crippen LogP contribution >= 0.6 is 0 Å². The molecule has 3 rings (SSSR count). The van der Waals surface area contributed by atoms with Gasteiger partial charge in [0.1, 0.15) is 23.0 Å². The van der Waals surface area contributed by atoms with Gasteiger partial charge in [0.15, 0.2) is 5.88 Å². The van der Waals surface area contributed by atoms with Gasteiger partial charge in [-0.3, -0.25) is 9.69 Å². The van der Waals surface area contributed by atoms with Gasteiger partial charge in [0.25, 0.3) is 0 Å². The van der Waals surface area contributed by atoms with Gasteiger partial charge in [-0.05, 0) is 76.2 Å². The summed E-state index contributed by atoms with van der Waals surface area (Å²) >= 11 is 0. The number of pyridine rings is 1. The number of rotatable bonds is 22. The molecule has 1 fully saturated rings. The second-order valence-electron chi connectivity index (χ2n) is 17.3. The molecule has 3 atom stereocenters. The number of carbonyl (C=O) groups is 2. The van der Waals surface area contributed by atoms with Crippen LogP contribution in [0.25, 0.3) is 0 Å². The molecule has 0 radical (unpaired) electrons. The molecule has 0 unspecified atom stereocenters. The summed E-state index contributed by atoms with van der Waals surface area (Å²) in [5, 5.41) is 24.0. The summed E-state index contributed by atoms with van der Waals surface area (Å²) in [6.45, 7) is 22.9. The fourth-order valence-corrected chi connectivity index (χ4v) is 6.94. The minimum Gasteiger partial charge on any atom is -0.494 e. The molecule has 11 heteroatoms. The largest absolute Gasteiger partial charge is 0.494 e. The highest BCUT2D eigenvalue weighted by molar-refractivity contribution is 5.83. The van der Waals surface area contributed by atoms with Crippen molar-refractivity contribution in [1.82, 2.24) is 9.88 Å². The van der Waals surface area contributed by atoms with Gasteiger partial charge < -0.3 is 34.1 Å². The first-order valence-electron chi connectivity index (χ1n) is 20.7. The lowest BCUT2D eigenvalue weighted by molar-refractivity contribution is -0.127. The number of hydrogen-bond donors (Lipinski definition) is 2. The highest BCUT2D eigenvalue weighted by Crippen LogP contribution is 2.34. The second-order valence-corrected chi connectivity index (χ2v) is 17.3. The molecular weight excluding hydrogens is 711 g/mol. The molecule has 1 amide bonds. The molecule has 0 bridgehead atoms. The summed E-state index contributed by atoms with van der Waals surface area (Å²) < 4.78 is 23.6. The smallest absolute Gasteiger partial charge is 0.410 e. The Balaban J connectivity index is 1.90. The summed E-state index contributed by atoms with van der Waals surface area (Å²) in [5.74, 6) is 0.774. The number of aromatic nitrogens is 1. The van der Waals surface area contributed by atoms with Crippen LogP contribution in [0.4, 0.5) is 10.6 Å². The van der Waals surface area contributed by atoms with Crippen molar-refractivity contribution < 1.29 is 38.7 Å². The van der Waals surface area contributed by atoms with E-state index in [4.69, 9.17) is 23.9 Å². The van der Waals surface area contributed by atoms with E-state index in [0.29, 0.717) is 75.8 Å². The zero-order valence-corrected chi connectivity index (χ0v) is 35.9.